The van der Waals surface area contributed by atoms with Crippen molar-refractivity contribution in [3.05, 3.63) is 53.9 Å². The van der Waals surface area contributed by atoms with Gasteiger partial charge in [0.1, 0.15) is 0 Å². The molecule has 2 aromatic rings. The van der Waals surface area contributed by atoms with Crippen LogP contribution in [0.1, 0.15) is 49.9 Å². The highest BCUT2D eigenvalue weighted by molar-refractivity contribution is 5.19. The minimum absolute atomic E-state index is 0.428. The number of nitrogens with one attached hydrogen (secondary N) is 1. The zero-order valence-electron chi connectivity index (χ0n) is 12.5. The van der Waals surface area contributed by atoms with Gasteiger partial charge in [-0.05, 0) is 18.1 Å². The summed E-state index contributed by atoms with van der Waals surface area (Å²) in [5.74, 6) is 0. The van der Waals surface area contributed by atoms with Gasteiger partial charge in [0.25, 0.3) is 0 Å². The molecule has 0 aliphatic carbocycles. The van der Waals surface area contributed by atoms with Crippen molar-refractivity contribution in [1.29, 1.82) is 0 Å². The molecule has 1 aromatic carbocycles. The van der Waals surface area contributed by atoms with Crippen LogP contribution in [0.2, 0.25) is 0 Å². The van der Waals surface area contributed by atoms with Crippen LogP contribution in [0, 0.1) is 0 Å². The van der Waals surface area contributed by atoms with Gasteiger partial charge >= 0.3 is 0 Å². The lowest BCUT2D eigenvalue weighted by Gasteiger charge is -2.19. The van der Waals surface area contributed by atoms with E-state index in [1.807, 2.05) is 17.9 Å². The molecule has 1 aromatic heterocycles. The smallest absolute Gasteiger partial charge is 0.0518 e. The lowest BCUT2D eigenvalue weighted by Crippen LogP contribution is -2.22. The third-order valence-electron chi connectivity index (χ3n) is 3.75. The van der Waals surface area contributed by atoms with Crippen LogP contribution in [0.25, 0.3) is 0 Å². The average Bonchev–Trinajstić information content (AvgIpc) is 2.89. The summed E-state index contributed by atoms with van der Waals surface area (Å²) in [5, 5.41) is 7.90. The number of rotatable bonds is 8. The summed E-state index contributed by atoms with van der Waals surface area (Å²) < 4.78 is 1.93. The zero-order valence-corrected chi connectivity index (χ0v) is 12.5. The quantitative estimate of drug-likeness (QED) is 0.739. The van der Waals surface area contributed by atoms with Crippen molar-refractivity contribution in [2.24, 2.45) is 7.05 Å². The van der Waals surface area contributed by atoms with Crippen LogP contribution >= 0.6 is 0 Å². The first-order chi connectivity index (χ1) is 9.81. The molecule has 1 atom stereocenters. The van der Waals surface area contributed by atoms with Crippen LogP contribution in [0.3, 0.4) is 0 Å². The molecule has 0 amide bonds. The average molecular weight is 271 g/mol. The molecule has 1 heterocycles. The molecule has 0 aliphatic heterocycles. The summed E-state index contributed by atoms with van der Waals surface area (Å²) in [5.41, 5.74) is 2.60. The maximum Gasteiger partial charge on any atom is 0.0518 e. The molecule has 0 fully saturated rings. The zero-order chi connectivity index (χ0) is 14.2. The second-order valence-corrected chi connectivity index (χ2v) is 5.29. The number of unbranched alkanes of at least 4 members (excludes halogenated alkanes) is 2. The summed E-state index contributed by atoms with van der Waals surface area (Å²) in [7, 11) is 1.99. The minimum Gasteiger partial charge on any atom is -0.304 e. The number of aromatic nitrogens is 2. The lowest BCUT2D eigenvalue weighted by atomic mass is 10.0. The van der Waals surface area contributed by atoms with Crippen molar-refractivity contribution in [1.82, 2.24) is 15.1 Å². The van der Waals surface area contributed by atoms with E-state index in [0.29, 0.717) is 6.04 Å². The second kappa shape index (κ2) is 7.85. The normalized spacial score (nSPS) is 12.5. The molecule has 0 radical (unpaired) electrons. The summed E-state index contributed by atoms with van der Waals surface area (Å²) in [4.78, 5) is 0. The fourth-order valence-electron chi connectivity index (χ4n) is 2.47. The second-order valence-electron chi connectivity index (χ2n) is 5.29. The molecule has 3 nitrogen and oxygen atoms in total. The first-order valence-electron chi connectivity index (χ1n) is 7.56. The Hall–Kier alpha value is -1.61. The van der Waals surface area contributed by atoms with Gasteiger partial charge in [0.2, 0.25) is 0 Å². The number of aryl methyl sites for hydroxylation is 1. The minimum atomic E-state index is 0.428. The molecule has 1 unspecified atom stereocenters. The third kappa shape index (κ3) is 4.20. The number of benzene rings is 1. The van der Waals surface area contributed by atoms with Gasteiger partial charge in [-0.2, -0.15) is 5.10 Å². The van der Waals surface area contributed by atoms with E-state index in [-0.39, 0.29) is 0 Å². The predicted octanol–water partition coefficient (Wildman–Crippen LogP) is 3.83. The van der Waals surface area contributed by atoms with Crippen LogP contribution in [-0.4, -0.2) is 9.78 Å². The predicted molar refractivity (Wildman–Crippen MR) is 83.4 cm³/mol. The van der Waals surface area contributed by atoms with Crippen molar-refractivity contribution in [2.75, 3.05) is 0 Å². The van der Waals surface area contributed by atoms with Crippen LogP contribution in [0.15, 0.2) is 42.6 Å². The molecule has 20 heavy (non-hydrogen) atoms. The molecule has 2 rings (SSSR count). The van der Waals surface area contributed by atoms with Crippen LogP contribution in [0.5, 0.6) is 0 Å². The molecule has 0 aliphatic rings. The molecule has 0 bridgehead atoms. The van der Waals surface area contributed by atoms with E-state index in [2.05, 4.69) is 53.7 Å². The Balaban J connectivity index is 1.97. The van der Waals surface area contributed by atoms with E-state index in [1.54, 1.807) is 0 Å². The van der Waals surface area contributed by atoms with E-state index in [1.165, 1.54) is 36.9 Å². The Bertz CT molecular complexity index is 490. The van der Waals surface area contributed by atoms with Crippen LogP contribution < -0.4 is 5.32 Å². The summed E-state index contributed by atoms with van der Waals surface area (Å²) in [6.07, 6.45) is 6.88. The summed E-state index contributed by atoms with van der Waals surface area (Å²) >= 11 is 0. The maximum atomic E-state index is 4.22. The Labute approximate surface area is 122 Å². The van der Waals surface area contributed by atoms with Crippen molar-refractivity contribution in [2.45, 2.75) is 45.2 Å². The van der Waals surface area contributed by atoms with Gasteiger partial charge in [-0.25, -0.2) is 0 Å². The molecule has 3 heteroatoms. The van der Waals surface area contributed by atoms with E-state index in [9.17, 15) is 0 Å². The SMILES string of the molecule is CCCCCC(NCc1ccnn1C)c1ccccc1. The van der Waals surface area contributed by atoms with Gasteiger partial charge < -0.3 is 5.32 Å². The number of hydrogen-bond acceptors (Lipinski definition) is 2. The molecule has 0 saturated heterocycles. The highest BCUT2D eigenvalue weighted by Gasteiger charge is 2.11. The molecule has 0 spiro atoms. The van der Waals surface area contributed by atoms with Crippen molar-refractivity contribution in [3.8, 4) is 0 Å². The Kier molecular flexibility index (Phi) is 5.81. The number of nitrogens with zero attached hydrogens (tertiary/aromatic N) is 2. The van der Waals surface area contributed by atoms with Gasteiger partial charge in [-0.1, -0.05) is 56.5 Å². The van der Waals surface area contributed by atoms with Crippen LogP contribution in [0.4, 0.5) is 0 Å². The Morgan fingerprint density at radius 1 is 1.15 bits per heavy atom. The Morgan fingerprint density at radius 2 is 1.95 bits per heavy atom. The summed E-state index contributed by atoms with van der Waals surface area (Å²) in [6.45, 7) is 3.11. The van der Waals surface area contributed by atoms with Gasteiger partial charge in [0.05, 0.1) is 5.69 Å². The van der Waals surface area contributed by atoms with E-state index >= 15 is 0 Å². The first kappa shape index (κ1) is 14.8. The molecular weight excluding hydrogens is 246 g/mol. The van der Waals surface area contributed by atoms with Crippen molar-refractivity contribution < 1.29 is 0 Å². The van der Waals surface area contributed by atoms with Gasteiger partial charge in [0.15, 0.2) is 0 Å². The standard InChI is InChI=1S/C17H25N3/c1-3-4-6-11-17(15-9-7-5-8-10-15)18-14-16-12-13-19-20(16)2/h5,7-10,12-13,17-18H,3-4,6,11,14H2,1-2H3. The summed E-state index contributed by atoms with van der Waals surface area (Å²) in [6, 6.07) is 13.2. The van der Waals surface area contributed by atoms with E-state index < -0.39 is 0 Å². The van der Waals surface area contributed by atoms with Crippen LogP contribution in [-0.2, 0) is 13.6 Å². The first-order valence-corrected chi connectivity index (χ1v) is 7.56. The van der Waals surface area contributed by atoms with Gasteiger partial charge in [-0.15, -0.1) is 0 Å². The van der Waals surface area contributed by atoms with Crippen molar-refractivity contribution >= 4 is 0 Å². The van der Waals surface area contributed by atoms with Gasteiger partial charge in [0, 0.05) is 25.8 Å². The van der Waals surface area contributed by atoms with E-state index in [4.69, 9.17) is 0 Å². The number of hydrogen-bond donors (Lipinski definition) is 1. The van der Waals surface area contributed by atoms with Crippen molar-refractivity contribution in [3.63, 3.8) is 0 Å². The molecular formula is C17H25N3. The molecule has 1 N–H and O–H groups in total. The third-order valence-corrected chi connectivity index (χ3v) is 3.75. The fourth-order valence-corrected chi connectivity index (χ4v) is 2.47. The lowest BCUT2D eigenvalue weighted by molar-refractivity contribution is 0.464. The van der Waals surface area contributed by atoms with Gasteiger partial charge in [-0.3, -0.25) is 4.68 Å². The molecule has 108 valence electrons. The highest BCUT2D eigenvalue weighted by atomic mass is 15.3. The monoisotopic (exact) mass is 271 g/mol. The fraction of sp³-hybridized carbons (Fsp3) is 0.471. The highest BCUT2D eigenvalue weighted by Crippen LogP contribution is 2.20. The largest absolute Gasteiger partial charge is 0.304 e. The molecule has 0 saturated carbocycles. The van der Waals surface area contributed by atoms with E-state index in [0.717, 1.165) is 6.54 Å². The topological polar surface area (TPSA) is 29.9 Å². The maximum absolute atomic E-state index is 4.22. The Morgan fingerprint density at radius 3 is 2.60 bits per heavy atom.